The zero-order valence-electron chi connectivity index (χ0n) is 18.8. The van der Waals surface area contributed by atoms with Crippen LogP contribution in [0, 0.1) is 11.7 Å². The number of rotatable bonds is 7. The number of nitrogens with zero attached hydrogens (tertiary/aromatic N) is 4. The Kier molecular flexibility index (Phi) is 6.10. The van der Waals surface area contributed by atoms with E-state index in [9.17, 15) is 18.8 Å². The van der Waals surface area contributed by atoms with Gasteiger partial charge in [-0.05, 0) is 42.7 Å². The number of benzene rings is 1. The van der Waals surface area contributed by atoms with Gasteiger partial charge in [-0.2, -0.15) is 4.98 Å². The van der Waals surface area contributed by atoms with Crippen LogP contribution in [0.2, 0.25) is 0 Å². The summed E-state index contributed by atoms with van der Waals surface area (Å²) < 4.78 is 18.7. The maximum absolute atomic E-state index is 13.3. The molecule has 0 spiro atoms. The predicted octanol–water partition coefficient (Wildman–Crippen LogP) is 2.55. The standard InChI is InChI=1S/C23H23FN6O4/c1-13(2)18(20-27-19(29-34-20)14-5-4-10-25-11-14)26-17(31)12-30-21(32)23(3,28-22(30)33)15-6-8-16(24)9-7-15/h4-11,13,18H,12H2,1-3H3,(H,26,31)(H,28,33). The van der Waals surface area contributed by atoms with Crippen LogP contribution in [0.3, 0.4) is 0 Å². The highest BCUT2D eigenvalue weighted by Gasteiger charge is 2.49. The normalized spacial score (nSPS) is 18.8. The summed E-state index contributed by atoms with van der Waals surface area (Å²) in [5, 5.41) is 9.31. The first-order valence-electron chi connectivity index (χ1n) is 10.6. The van der Waals surface area contributed by atoms with Crippen molar-refractivity contribution >= 4 is 17.8 Å². The Morgan fingerprint density at radius 2 is 1.97 bits per heavy atom. The number of hydrogen-bond acceptors (Lipinski definition) is 7. The fraction of sp³-hybridized carbons (Fsp3) is 0.304. The fourth-order valence-electron chi connectivity index (χ4n) is 3.67. The molecule has 1 saturated heterocycles. The highest BCUT2D eigenvalue weighted by atomic mass is 19.1. The van der Waals surface area contributed by atoms with E-state index < -0.39 is 41.8 Å². The molecule has 0 saturated carbocycles. The molecule has 0 aliphatic carbocycles. The van der Waals surface area contributed by atoms with Crippen molar-refractivity contribution in [2.75, 3.05) is 6.54 Å². The minimum absolute atomic E-state index is 0.126. The monoisotopic (exact) mass is 466 g/mol. The molecule has 3 aromatic rings. The third-order valence-electron chi connectivity index (χ3n) is 5.61. The number of pyridine rings is 1. The molecule has 1 fully saturated rings. The van der Waals surface area contributed by atoms with Gasteiger partial charge < -0.3 is 15.2 Å². The third-order valence-corrected chi connectivity index (χ3v) is 5.61. The summed E-state index contributed by atoms with van der Waals surface area (Å²) in [4.78, 5) is 47.6. The number of carbonyl (C=O) groups excluding carboxylic acids is 3. The summed E-state index contributed by atoms with van der Waals surface area (Å²) in [7, 11) is 0. The molecule has 2 N–H and O–H groups in total. The number of amides is 4. The summed E-state index contributed by atoms with van der Waals surface area (Å²) in [5.74, 6) is -1.27. The van der Waals surface area contributed by atoms with Crippen molar-refractivity contribution in [1.29, 1.82) is 0 Å². The molecule has 1 aliphatic heterocycles. The first-order chi connectivity index (χ1) is 16.2. The molecular weight excluding hydrogens is 443 g/mol. The lowest BCUT2D eigenvalue weighted by atomic mass is 9.92. The lowest BCUT2D eigenvalue weighted by Crippen LogP contribution is -2.44. The molecule has 34 heavy (non-hydrogen) atoms. The molecule has 4 amide bonds. The lowest BCUT2D eigenvalue weighted by Gasteiger charge is -2.23. The second-order valence-electron chi connectivity index (χ2n) is 8.44. The number of nitrogens with one attached hydrogen (secondary N) is 2. The van der Waals surface area contributed by atoms with Crippen molar-refractivity contribution in [3.05, 3.63) is 66.1 Å². The van der Waals surface area contributed by atoms with Gasteiger partial charge in [0.15, 0.2) is 0 Å². The summed E-state index contributed by atoms with van der Waals surface area (Å²) in [5.41, 5.74) is -0.345. The van der Waals surface area contributed by atoms with E-state index in [1.54, 1.807) is 24.5 Å². The molecule has 2 atom stereocenters. The van der Waals surface area contributed by atoms with Crippen LogP contribution in [0.15, 0.2) is 53.3 Å². The largest absolute Gasteiger partial charge is 0.342 e. The van der Waals surface area contributed by atoms with Crippen LogP contribution < -0.4 is 10.6 Å². The number of carbonyl (C=O) groups is 3. The van der Waals surface area contributed by atoms with Gasteiger partial charge in [0.1, 0.15) is 23.9 Å². The van der Waals surface area contributed by atoms with Gasteiger partial charge in [-0.25, -0.2) is 9.18 Å². The number of imide groups is 1. The third kappa shape index (κ3) is 4.36. The molecule has 1 aliphatic rings. The van der Waals surface area contributed by atoms with Gasteiger partial charge in [-0.1, -0.05) is 31.1 Å². The molecule has 0 radical (unpaired) electrons. The quantitative estimate of drug-likeness (QED) is 0.512. The minimum Gasteiger partial charge on any atom is -0.342 e. The van der Waals surface area contributed by atoms with E-state index in [1.807, 2.05) is 13.8 Å². The van der Waals surface area contributed by atoms with Gasteiger partial charge in [0, 0.05) is 18.0 Å². The zero-order valence-corrected chi connectivity index (χ0v) is 18.8. The average molecular weight is 466 g/mol. The maximum atomic E-state index is 13.3. The van der Waals surface area contributed by atoms with E-state index >= 15 is 0 Å². The van der Waals surface area contributed by atoms with E-state index in [2.05, 4.69) is 25.8 Å². The van der Waals surface area contributed by atoms with Crippen LogP contribution in [-0.2, 0) is 15.1 Å². The number of aromatic nitrogens is 3. The molecule has 176 valence electrons. The molecule has 11 heteroatoms. The molecule has 2 unspecified atom stereocenters. The van der Waals surface area contributed by atoms with Crippen molar-refractivity contribution in [2.45, 2.75) is 32.4 Å². The Morgan fingerprint density at radius 3 is 2.62 bits per heavy atom. The topological polar surface area (TPSA) is 130 Å². The van der Waals surface area contributed by atoms with Crippen LogP contribution in [0.25, 0.3) is 11.4 Å². The Morgan fingerprint density at radius 1 is 1.24 bits per heavy atom. The van der Waals surface area contributed by atoms with Gasteiger partial charge in [0.2, 0.25) is 17.6 Å². The summed E-state index contributed by atoms with van der Waals surface area (Å²) in [6.07, 6.45) is 3.21. The van der Waals surface area contributed by atoms with Gasteiger partial charge >= 0.3 is 6.03 Å². The van der Waals surface area contributed by atoms with Gasteiger partial charge in [-0.3, -0.25) is 19.5 Å². The minimum atomic E-state index is -1.41. The molecule has 4 rings (SSSR count). The Balaban J connectivity index is 1.47. The van der Waals surface area contributed by atoms with Crippen molar-refractivity contribution in [3.8, 4) is 11.4 Å². The second kappa shape index (κ2) is 9.00. The number of halogens is 1. The van der Waals surface area contributed by atoms with Crippen LogP contribution >= 0.6 is 0 Å². The Labute approximate surface area is 194 Å². The van der Waals surface area contributed by atoms with Gasteiger partial charge in [-0.15, -0.1) is 0 Å². The van der Waals surface area contributed by atoms with Gasteiger partial charge in [0.25, 0.3) is 5.91 Å². The SMILES string of the molecule is CC(C)C(NC(=O)CN1C(=O)NC(C)(c2ccc(F)cc2)C1=O)c1nc(-c2cccnc2)no1. The van der Waals surface area contributed by atoms with Crippen LogP contribution in [0.1, 0.15) is 38.3 Å². The Bertz CT molecular complexity index is 1210. The first-order valence-corrected chi connectivity index (χ1v) is 10.6. The van der Waals surface area contributed by atoms with Crippen LogP contribution in [0.5, 0.6) is 0 Å². The maximum Gasteiger partial charge on any atom is 0.325 e. The predicted molar refractivity (Wildman–Crippen MR) is 117 cm³/mol. The van der Waals surface area contributed by atoms with E-state index in [-0.39, 0.29) is 11.8 Å². The van der Waals surface area contributed by atoms with Gasteiger partial charge in [0.05, 0.1) is 0 Å². The molecule has 3 heterocycles. The van der Waals surface area contributed by atoms with E-state index in [1.165, 1.54) is 31.2 Å². The summed E-state index contributed by atoms with van der Waals surface area (Å²) >= 11 is 0. The van der Waals surface area contributed by atoms with Crippen molar-refractivity contribution in [1.82, 2.24) is 30.7 Å². The first kappa shape index (κ1) is 23.0. The highest BCUT2D eigenvalue weighted by Crippen LogP contribution is 2.29. The fourth-order valence-corrected chi connectivity index (χ4v) is 3.67. The summed E-state index contributed by atoms with van der Waals surface area (Å²) in [6.45, 7) is 4.72. The van der Waals surface area contributed by atoms with E-state index in [4.69, 9.17) is 4.52 Å². The molecule has 2 aromatic heterocycles. The number of urea groups is 1. The zero-order chi connectivity index (χ0) is 24.5. The highest BCUT2D eigenvalue weighted by molar-refractivity contribution is 6.09. The average Bonchev–Trinajstić information content (AvgIpc) is 3.38. The van der Waals surface area contributed by atoms with Crippen LogP contribution in [0.4, 0.5) is 9.18 Å². The molecule has 0 bridgehead atoms. The summed E-state index contributed by atoms with van der Waals surface area (Å²) in [6, 6.07) is 7.40. The second-order valence-corrected chi connectivity index (χ2v) is 8.44. The van der Waals surface area contributed by atoms with Crippen LogP contribution in [-0.4, -0.2) is 44.4 Å². The lowest BCUT2D eigenvalue weighted by molar-refractivity contribution is -0.135. The Hall–Kier alpha value is -4.15. The molecule has 10 nitrogen and oxygen atoms in total. The molecule has 1 aromatic carbocycles. The van der Waals surface area contributed by atoms with E-state index in [0.717, 1.165) is 4.90 Å². The van der Waals surface area contributed by atoms with E-state index in [0.29, 0.717) is 17.0 Å². The van der Waals surface area contributed by atoms with Crippen molar-refractivity contribution < 1.29 is 23.3 Å². The number of hydrogen-bond donors (Lipinski definition) is 2. The molecular formula is C23H23FN6O4. The van der Waals surface area contributed by atoms with Crippen molar-refractivity contribution in [3.63, 3.8) is 0 Å². The van der Waals surface area contributed by atoms with Crippen molar-refractivity contribution in [2.24, 2.45) is 5.92 Å². The smallest absolute Gasteiger partial charge is 0.325 e.